The number of hydrogen-bond acceptors (Lipinski definition) is 3. The molecule has 6 nitrogen and oxygen atoms in total. The number of aromatic amines is 1. The predicted octanol–water partition coefficient (Wildman–Crippen LogP) is 2.51. The van der Waals surface area contributed by atoms with Crippen LogP contribution in [0.4, 0.5) is 9.18 Å². The van der Waals surface area contributed by atoms with E-state index in [-0.39, 0.29) is 11.1 Å². The Morgan fingerprint density at radius 3 is 2.67 bits per heavy atom. The van der Waals surface area contributed by atoms with Gasteiger partial charge in [-0.2, -0.15) is 0 Å². The van der Waals surface area contributed by atoms with Crippen LogP contribution < -0.4 is 10.2 Å². The molecule has 0 fully saturated rings. The molecule has 2 aromatic heterocycles. The Labute approximate surface area is 117 Å². The molecule has 7 heteroatoms. The van der Waals surface area contributed by atoms with E-state index in [9.17, 15) is 14.0 Å². The Morgan fingerprint density at radius 2 is 2.00 bits per heavy atom. The van der Waals surface area contributed by atoms with Crippen molar-refractivity contribution in [2.24, 2.45) is 0 Å². The van der Waals surface area contributed by atoms with E-state index in [2.05, 4.69) is 9.72 Å². The zero-order valence-corrected chi connectivity index (χ0v) is 10.5. The van der Waals surface area contributed by atoms with E-state index in [4.69, 9.17) is 5.11 Å². The fraction of sp³-hybridized carbons (Fsp3) is 0. The number of carbonyl (C=O) groups is 1. The van der Waals surface area contributed by atoms with Crippen molar-refractivity contribution in [2.45, 2.75) is 0 Å². The van der Waals surface area contributed by atoms with Gasteiger partial charge >= 0.3 is 6.16 Å². The third kappa shape index (κ3) is 2.25. The first-order chi connectivity index (χ1) is 10.1. The van der Waals surface area contributed by atoms with Crippen LogP contribution in [0, 0.1) is 5.82 Å². The molecular formula is C14H9FN2O4. The van der Waals surface area contributed by atoms with Crippen LogP contribution in [-0.2, 0) is 0 Å². The molecule has 0 saturated carbocycles. The molecule has 0 bridgehead atoms. The number of benzene rings is 1. The summed E-state index contributed by atoms with van der Waals surface area (Å²) in [6.45, 7) is 0. The number of hydrogen-bond donors (Lipinski definition) is 2. The predicted molar refractivity (Wildman–Crippen MR) is 72.5 cm³/mol. The zero-order chi connectivity index (χ0) is 15.0. The van der Waals surface area contributed by atoms with Gasteiger partial charge in [0, 0.05) is 18.6 Å². The number of nitrogens with one attached hydrogen (secondary N) is 1. The highest BCUT2D eigenvalue weighted by atomic mass is 19.1. The van der Waals surface area contributed by atoms with Crippen LogP contribution in [0.25, 0.3) is 16.6 Å². The summed E-state index contributed by atoms with van der Waals surface area (Å²) >= 11 is 0. The first-order valence-electron chi connectivity index (χ1n) is 5.95. The molecule has 0 unspecified atom stereocenters. The molecule has 2 heterocycles. The van der Waals surface area contributed by atoms with Gasteiger partial charge in [-0.1, -0.05) is 0 Å². The SMILES string of the molecule is O=C(O)Oc1c[nH]c2cc(-n3cccc3)c(F)cc2c1=O. The molecule has 0 spiro atoms. The maximum Gasteiger partial charge on any atom is 0.511 e. The molecule has 106 valence electrons. The van der Waals surface area contributed by atoms with Gasteiger partial charge in [-0.3, -0.25) is 4.79 Å². The summed E-state index contributed by atoms with van der Waals surface area (Å²) in [4.78, 5) is 25.2. The van der Waals surface area contributed by atoms with Gasteiger partial charge in [0.15, 0.2) is 5.75 Å². The summed E-state index contributed by atoms with van der Waals surface area (Å²) in [5.41, 5.74) is -0.0398. The number of carboxylic acid groups (broad SMARTS) is 1. The van der Waals surface area contributed by atoms with E-state index in [1.165, 1.54) is 6.07 Å². The average Bonchev–Trinajstić information content (AvgIpc) is 2.95. The summed E-state index contributed by atoms with van der Waals surface area (Å²) in [5, 5.41) is 8.55. The van der Waals surface area contributed by atoms with Gasteiger partial charge in [-0.15, -0.1) is 0 Å². The fourth-order valence-corrected chi connectivity index (χ4v) is 2.07. The minimum Gasteiger partial charge on any atom is -0.449 e. The summed E-state index contributed by atoms with van der Waals surface area (Å²) in [6, 6.07) is 6.02. The minimum atomic E-state index is -1.61. The van der Waals surface area contributed by atoms with Gasteiger partial charge in [-0.25, -0.2) is 9.18 Å². The molecule has 21 heavy (non-hydrogen) atoms. The first-order valence-corrected chi connectivity index (χ1v) is 5.95. The first kappa shape index (κ1) is 12.9. The Morgan fingerprint density at radius 1 is 1.29 bits per heavy atom. The highest BCUT2D eigenvalue weighted by Gasteiger charge is 2.13. The lowest BCUT2D eigenvalue weighted by Gasteiger charge is -2.07. The van der Waals surface area contributed by atoms with E-state index in [1.807, 2.05) is 0 Å². The lowest BCUT2D eigenvalue weighted by Crippen LogP contribution is -2.13. The molecule has 2 N–H and O–H groups in total. The van der Waals surface area contributed by atoms with Crippen LogP contribution in [-0.4, -0.2) is 20.8 Å². The third-order valence-electron chi connectivity index (χ3n) is 2.99. The van der Waals surface area contributed by atoms with Gasteiger partial charge < -0.3 is 19.4 Å². The van der Waals surface area contributed by atoms with Crippen molar-refractivity contribution < 1.29 is 19.0 Å². The van der Waals surface area contributed by atoms with E-state index in [0.717, 1.165) is 12.3 Å². The second-order valence-corrected chi connectivity index (χ2v) is 4.29. The maximum atomic E-state index is 14.1. The van der Waals surface area contributed by atoms with E-state index >= 15 is 0 Å². The number of aromatic nitrogens is 2. The summed E-state index contributed by atoms with van der Waals surface area (Å²) < 4.78 is 20.0. The van der Waals surface area contributed by atoms with Crippen molar-refractivity contribution in [1.29, 1.82) is 0 Å². The monoisotopic (exact) mass is 288 g/mol. The summed E-state index contributed by atoms with van der Waals surface area (Å²) in [7, 11) is 0. The van der Waals surface area contributed by atoms with Gasteiger partial charge in [0.05, 0.1) is 16.6 Å². The van der Waals surface area contributed by atoms with Crippen molar-refractivity contribution >= 4 is 17.1 Å². The number of fused-ring (bicyclic) bond motifs is 1. The van der Waals surface area contributed by atoms with Crippen LogP contribution in [0.1, 0.15) is 0 Å². The normalized spacial score (nSPS) is 10.7. The van der Waals surface area contributed by atoms with Crippen LogP contribution in [0.3, 0.4) is 0 Å². The quantitative estimate of drug-likeness (QED) is 0.710. The molecule has 0 atom stereocenters. The highest BCUT2D eigenvalue weighted by Crippen LogP contribution is 2.20. The molecule has 1 aromatic carbocycles. The molecule has 0 aliphatic rings. The Kier molecular flexibility index (Phi) is 2.94. The third-order valence-corrected chi connectivity index (χ3v) is 2.99. The van der Waals surface area contributed by atoms with Gasteiger partial charge in [-0.05, 0) is 24.3 Å². The van der Waals surface area contributed by atoms with Gasteiger partial charge in [0.25, 0.3) is 0 Å². The minimum absolute atomic E-state index is 0.0159. The smallest absolute Gasteiger partial charge is 0.449 e. The second-order valence-electron chi connectivity index (χ2n) is 4.29. The average molecular weight is 288 g/mol. The van der Waals surface area contributed by atoms with Crippen molar-refractivity contribution in [1.82, 2.24) is 9.55 Å². The van der Waals surface area contributed by atoms with Crippen molar-refractivity contribution in [3.63, 3.8) is 0 Å². The molecular weight excluding hydrogens is 279 g/mol. The number of ether oxygens (including phenoxy) is 1. The fourth-order valence-electron chi connectivity index (χ4n) is 2.07. The van der Waals surface area contributed by atoms with E-state index in [0.29, 0.717) is 5.52 Å². The largest absolute Gasteiger partial charge is 0.511 e. The Balaban J connectivity index is 2.21. The van der Waals surface area contributed by atoms with Crippen LogP contribution in [0.5, 0.6) is 5.75 Å². The molecule has 0 aliphatic heterocycles. The van der Waals surface area contributed by atoms with Crippen molar-refractivity contribution in [3.8, 4) is 11.4 Å². The maximum absolute atomic E-state index is 14.1. The van der Waals surface area contributed by atoms with Crippen LogP contribution in [0.15, 0.2) is 47.7 Å². The van der Waals surface area contributed by atoms with Crippen LogP contribution in [0.2, 0.25) is 0 Å². The van der Waals surface area contributed by atoms with Gasteiger partial charge in [0.2, 0.25) is 5.43 Å². The number of nitrogens with zero attached hydrogens (tertiary/aromatic N) is 1. The highest BCUT2D eigenvalue weighted by molar-refractivity contribution is 5.82. The van der Waals surface area contributed by atoms with Crippen LogP contribution >= 0.6 is 0 Å². The molecule has 3 rings (SSSR count). The lowest BCUT2D eigenvalue weighted by molar-refractivity contribution is 0.144. The molecule has 0 amide bonds. The van der Waals surface area contributed by atoms with E-state index in [1.54, 1.807) is 29.1 Å². The lowest BCUT2D eigenvalue weighted by atomic mass is 10.1. The Hall–Kier alpha value is -3.09. The van der Waals surface area contributed by atoms with Crippen molar-refractivity contribution in [2.75, 3.05) is 0 Å². The summed E-state index contributed by atoms with van der Waals surface area (Å²) in [5.74, 6) is -1.00. The number of pyridine rings is 1. The number of rotatable bonds is 2. The van der Waals surface area contributed by atoms with Gasteiger partial charge in [0.1, 0.15) is 5.82 Å². The van der Waals surface area contributed by atoms with E-state index < -0.39 is 23.2 Å². The molecule has 3 aromatic rings. The second kappa shape index (κ2) is 4.78. The standard InChI is InChI=1S/C14H9FN2O4/c15-9-5-8-10(6-11(9)17-3-1-2-4-17)16-7-12(13(8)18)21-14(19)20/h1-7H,(H,16,18)(H,19,20). The summed E-state index contributed by atoms with van der Waals surface area (Å²) in [6.07, 6.45) is 2.87. The van der Waals surface area contributed by atoms with Crippen molar-refractivity contribution in [3.05, 3.63) is 58.9 Å². The zero-order valence-electron chi connectivity index (χ0n) is 10.5. The molecule has 0 aliphatic carbocycles. The molecule has 0 saturated heterocycles. The number of H-pyrrole nitrogens is 1. The number of halogens is 1. The molecule has 0 radical (unpaired) electrons. The topological polar surface area (TPSA) is 84.3 Å². The Bertz CT molecular complexity index is 884.